The van der Waals surface area contributed by atoms with Crippen LogP contribution in [-0.4, -0.2) is 20.3 Å². The first-order valence-electron chi connectivity index (χ1n) is 4.72. The summed E-state index contributed by atoms with van der Waals surface area (Å²) in [5, 5.41) is 17.3. The molecule has 3 rings (SSSR count). The van der Waals surface area contributed by atoms with Gasteiger partial charge in [-0.1, -0.05) is 18.2 Å². The van der Waals surface area contributed by atoms with Gasteiger partial charge in [0.2, 0.25) is 5.88 Å². The predicted octanol–water partition coefficient (Wildman–Crippen LogP) is 1.18. The van der Waals surface area contributed by atoms with E-state index in [0.717, 1.165) is 5.39 Å². The Morgan fingerprint density at radius 3 is 2.88 bits per heavy atom. The van der Waals surface area contributed by atoms with Gasteiger partial charge < -0.3 is 5.11 Å². The molecule has 0 saturated heterocycles. The highest BCUT2D eigenvalue weighted by atomic mass is 16.3. The average Bonchev–Trinajstić information content (AvgIpc) is 2.29. The minimum atomic E-state index is -0.437. The van der Waals surface area contributed by atoms with E-state index in [1.165, 1.54) is 6.20 Å². The number of fused-ring (bicyclic) bond motifs is 3. The van der Waals surface area contributed by atoms with Gasteiger partial charge in [0.15, 0.2) is 0 Å². The number of aromatic amines is 1. The quantitative estimate of drug-likeness (QED) is 0.549. The molecular weight excluding hydrogens is 206 g/mol. The molecule has 0 bridgehead atoms. The van der Waals surface area contributed by atoms with E-state index in [9.17, 15) is 9.90 Å². The topological polar surface area (TPSA) is 78.9 Å². The number of nitrogens with zero attached hydrogens (tertiary/aromatic N) is 2. The van der Waals surface area contributed by atoms with Crippen LogP contribution >= 0.6 is 0 Å². The van der Waals surface area contributed by atoms with Crippen molar-refractivity contribution in [3.05, 3.63) is 40.8 Å². The first kappa shape index (κ1) is 8.84. The van der Waals surface area contributed by atoms with Crippen LogP contribution in [0, 0.1) is 0 Å². The monoisotopic (exact) mass is 213 g/mol. The molecule has 2 heterocycles. The highest BCUT2D eigenvalue weighted by molar-refractivity contribution is 6.06. The number of H-pyrrole nitrogens is 1. The van der Waals surface area contributed by atoms with E-state index in [2.05, 4.69) is 15.2 Å². The van der Waals surface area contributed by atoms with Crippen molar-refractivity contribution in [3.8, 4) is 5.88 Å². The van der Waals surface area contributed by atoms with Gasteiger partial charge in [0.1, 0.15) is 5.39 Å². The van der Waals surface area contributed by atoms with E-state index >= 15 is 0 Å². The van der Waals surface area contributed by atoms with E-state index in [4.69, 9.17) is 0 Å². The summed E-state index contributed by atoms with van der Waals surface area (Å²) in [7, 11) is 0. The first-order chi connectivity index (χ1) is 7.77. The molecule has 0 fully saturated rings. The third-order valence-electron chi connectivity index (χ3n) is 2.50. The van der Waals surface area contributed by atoms with Gasteiger partial charge in [-0.3, -0.25) is 4.79 Å². The zero-order valence-corrected chi connectivity index (χ0v) is 8.14. The Labute approximate surface area is 89.4 Å². The highest BCUT2D eigenvalue weighted by Gasteiger charge is 2.10. The molecule has 0 saturated carbocycles. The third kappa shape index (κ3) is 1.08. The molecule has 1 aromatic carbocycles. The molecule has 78 valence electrons. The summed E-state index contributed by atoms with van der Waals surface area (Å²) < 4.78 is 0. The molecule has 5 nitrogen and oxygen atoms in total. The minimum Gasteiger partial charge on any atom is -0.493 e. The second kappa shape index (κ2) is 3.03. The van der Waals surface area contributed by atoms with Gasteiger partial charge in [-0.2, -0.15) is 5.10 Å². The molecule has 0 spiro atoms. The van der Waals surface area contributed by atoms with E-state index in [-0.39, 0.29) is 11.3 Å². The fraction of sp³-hybridized carbons (Fsp3) is 0. The number of aromatic hydroxyl groups is 1. The summed E-state index contributed by atoms with van der Waals surface area (Å²) in [6.45, 7) is 0. The van der Waals surface area contributed by atoms with Crippen LogP contribution in [0.1, 0.15) is 0 Å². The maximum atomic E-state index is 11.5. The molecule has 2 N–H and O–H groups in total. The Balaban J connectivity index is 2.71. The fourth-order valence-electron chi connectivity index (χ4n) is 1.79. The lowest BCUT2D eigenvalue weighted by atomic mass is 10.1. The van der Waals surface area contributed by atoms with Crippen molar-refractivity contribution in [2.45, 2.75) is 0 Å². The van der Waals surface area contributed by atoms with Crippen LogP contribution < -0.4 is 5.56 Å². The summed E-state index contributed by atoms with van der Waals surface area (Å²) in [5.74, 6) is -0.266. The van der Waals surface area contributed by atoms with Gasteiger partial charge in [0.05, 0.1) is 11.7 Å². The number of hydrogen-bond donors (Lipinski definition) is 2. The molecule has 0 aliphatic heterocycles. The Morgan fingerprint density at radius 1 is 1.19 bits per heavy atom. The third-order valence-corrected chi connectivity index (χ3v) is 2.50. The van der Waals surface area contributed by atoms with Crippen molar-refractivity contribution in [2.75, 3.05) is 0 Å². The number of benzene rings is 1. The van der Waals surface area contributed by atoms with Crippen molar-refractivity contribution < 1.29 is 5.11 Å². The van der Waals surface area contributed by atoms with Gasteiger partial charge >= 0.3 is 0 Å². The largest absolute Gasteiger partial charge is 0.493 e. The van der Waals surface area contributed by atoms with Crippen LogP contribution in [0.3, 0.4) is 0 Å². The lowest BCUT2D eigenvalue weighted by Crippen LogP contribution is -2.08. The second-order valence-corrected chi connectivity index (χ2v) is 3.44. The van der Waals surface area contributed by atoms with Crippen molar-refractivity contribution in [2.24, 2.45) is 0 Å². The second-order valence-electron chi connectivity index (χ2n) is 3.44. The number of hydrogen-bond acceptors (Lipinski definition) is 4. The molecule has 3 aromatic rings. The first-order valence-corrected chi connectivity index (χ1v) is 4.72. The van der Waals surface area contributed by atoms with Crippen LogP contribution in [0.25, 0.3) is 21.7 Å². The van der Waals surface area contributed by atoms with Crippen molar-refractivity contribution in [3.63, 3.8) is 0 Å². The van der Waals surface area contributed by atoms with E-state index in [1.807, 2.05) is 18.2 Å². The number of para-hydroxylation sites is 1. The Bertz CT molecular complexity index is 749. The van der Waals surface area contributed by atoms with Gasteiger partial charge in [-0.15, -0.1) is 0 Å². The van der Waals surface area contributed by atoms with Gasteiger partial charge in [-0.25, -0.2) is 10.1 Å². The van der Waals surface area contributed by atoms with Crippen LogP contribution in [0.5, 0.6) is 5.88 Å². The zero-order valence-electron chi connectivity index (χ0n) is 8.14. The average molecular weight is 213 g/mol. The maximum Gasteiger partial charge on any atom is 0.277 e. The lowest BCUT2D eigenvalue weighted by molar-refractivity contribution is 0.462. The van der Waals surface area contributed by atoms with E-state index < -0.39 is 5.56 Å². The standard InChI is InChI=1S/C11H7N3O2/c15-10-9-7(5-12-14-11(9)16)6-3-1-2-4-8(6)13-10/h1-5H,(H,13,15)(H,14,16). The molecule has 5 heteroatoms. The predicted molar refractivity (Wildman–Crippen MR) is 59.3 cm³/mol. The Morgan fingerprint density at radius 2 is 2.00 bits per heavy atom. The summed E-state index contributed by atoms with van der Waals surface area (Å²) in [4.78, 5) is 15.5. The number of pyridine rings is 1. The molecule has 0 unspecified atom stereocenters. The number of nitrogens with one attached hydrogen (secondary N) is 1. The summed E-state index contributed by atoms with van der Waals surface area (Å²) in [6, 6.07) is 7.28. The number of aromatic nitrogens is 3. The maximum absolute atomic E-state index is 11.5. The molecule has 0 aliphatic carbocycles. The lowest BCUT2D eigenvalue weighted by Gasteiger charge is -2.03. The van der Waals surface area contributed by atoms with Crippen LogP contribution in [-0.2, 0) is 0 Å². The zero-order chi connectivity index (χ0) is 11.1. The molecule has 16 heavy (non-hydrogen) atoms. The van der Waals surface area contributed by atoms with Crippen LogP contribution in [0.2, 0.25) is 0 Å². The highest BCUT2D eigenvalue weighted by Crippen LogP contribution is 2.26. The molecule has 0 atom stereocenters. The molecule has 0 amide bonds. The van der Waals surface area contributed by atoms with Gasteiger partial charge in [-0.05, 0) is 6.07 Å². The smallest absolute Gasteiger partial charge is 0.277 e. The SMILES string of the molecule is O=c1[nH]ncc2c1c(O)nc1ccccc12. The molecule has 2 aromatic heterocycles. The van der Waals surface area contributed by atoms with Gasteiger partial charge in [0, 0.05) is 10.8 Å². The van der Waals surface area contributed by atoms with Gasteiger partial charge in [0.25, 0.3) is 5.56 Å². The van der Waals surface area contributed by atoms with Crippen LogP contribution in [0.15, 0.2) is 35.3 Å². The Hall–Kier alpha value is -2.43. The summed E-state index contributed by atoms with van der Waals surface area (Å²) >= 11 is 0. The number of rotatable bonds is 0. The van der Waals surface area contributed by atoms with Crippen molar-refractivity contribution >= 4 is 21.7 Å². The van der Waals surface area contributed by atoms with Crippen molar-refractivity contribution in [1.82, 2.24) is 15.2 Å². The molecular formula is C11H7N3O2. The van der Waals surface area contributed by atoms with Crippen LogP contribution in [0.4, 0.5) is 0 Å². The minimum absolute atomic E-state index is 0.175. The Kier molecular flexibility index (Phi) is 1.67. The summed E-state index contributed by atoms with van der Waals surface area (Å²) in [6.07, 6.45) is 1.51. The van der Waals surface area contributed by atoms with E-state index in [1.54, 1.807) is 6.07 Å². The normalized spacial score (nSPS) is 11.0. The van der Waals surface area contributed by atoms with E-state index in [0.29, 0.717) is 10.9 Å². The fourth-order valence-corrected chi connectivity index (χ4v) is 1.79. The summed E-state index contributed by atoms with van der Waals surface area (Å²) in [5.41, 5.74) is 0.202. The van der Waals surface area contributed by atoms with Crippen molar-refractivity contribution in [1.29, 1.82) is 0 Å². The molecule has 0 aliphatic rings. The molecule has 0 radical (unpaired) electrons.